The number of carbonyl (C=O) groups excluding carboxylic acids is 1. The van der Waals surface area contributed by atoms with Crippen LogP contribution >= 0.6 is 0 Å². The van der Waals surface area contributed by atoms with Gasteiger partial charge >= 0.3 is 5.91 Å². The van der Waals surface area contributed by atoms with Crippen molar-refractivity contribution in [1.82, 2.24) is 10.0 Å². The number of hydroxylamine groups is 1. The molecule has 1 N–H and O–H groups in total. The van der Waals surface area contributed by atoms with Crippen molar-refractivity contribution in [2.75, 3.05) is 13.2 Å². The number of benzene rings is 3. The summed E-state index contributed by atoms with van der Waals surface area (Å²) in [5, 5.41) is 2.58. The predicted octanol–water partition coefficient (Wildman–Crippen LogP) is 5.20. The maximum absolute atomic E-state index is 12.5. The van der Waals surface area contributed by atoms with Crippen molar-refractivity contribution in [3.63, 3.8) is 0 Å². The maximum atomic E-state index is 12.5. The fourth-order valence-electron chi connectivity index (χ4n) is 4.58. The molecular weight excluding hydrogens is 428 g/mol. The topological polar surface area (TPSA) is 61.7 Å². The highest BCUT2D eigenvalue weighted by molar-refractivity contribution is 6.07. The standard InChI is InChI=1S/C28H30N2O4/c1-28(27(31)29-34-20-21-10-3-2-4-11-21)32-18-22(19-33-28)12-9-17-30-25-15-7-5-13-23(25)24-14-6-8-16-26(24)30/h2-8,10-11,13-16,22H,9,12,17-20H2,1H3,(H,29,31). The van der Waals surface area contributed by atoms with Gasteiger partial charge in [-0.2, -0.15) is 0 Å². The summed E-state index contributed by atoms with van der Waals surface area (Å²) in [7, 11) is 0. The number of hydrogen-bond acceptors (Lipinski definition) is 4. The fourth-order valence-corrected chi connectivity index (χ4v) is 4.58. The van der Waals surface area contributed by atoms with Crippen LogP contribution in [0.2, 0.25) is 0 Å². The molecule has 1 aliphatic rings. The van der Waals surface area contributed by atoms with Gasteiger partial charge in [0.05, 0.1) is 19.8 Å². The minimum Gasteiger partial charge on any atom is -0.342 e. The number of fused-ring (bicyclic) bond motifs is 3. The van der Waals surface area contributed by atoms with Crippen LogP contribution in [0.1, 0.15) is 25.3 Å². The molecule has 6 heteroatoms. The third-order valence-electron chi connectivity index (χ3n) is 6.52. The molecule has 1 amide bonds. The van der Waals surface area contributed by atoms with E-state index in [1.807, 2.05) is 30.3 Å². The Morgan fingerprint density at radius 2 is 1.53 bits per heavy atom. The van der Waals surface area contributed by atoms with Crippen LogP contribution in [-0.2, 0) is 32.3 Å². The van der Waals surface area contributed by atoms with Crippen molar-refractivity contribution >= 4 is 27.7 Å². The molecule has 1 saturated heterocycles. The number of aryl methyl sites for hydroxylation is 1. The van der Waals surface area contributed by atoms with E-state index in [-0.39, 0.29) is 12.5 Å². The summed E-state index contributed by atoms with van der Waals surface area (Å²) in [6.07, 6.45) is 1.96. The normalized spacial score (nSPS) is 20.6. The largest absolute Gasteiger partial charge is 0.342 e. The Labute approximate surface area is 199 Å². The van der Waals surface area contributed by atoms with Crippen LogP contribution in [0, 0.1) is 5.92 Å². The minimum absolute atomic E-state index is 0.249. The van der Waals surface area contributed by atoms with E-state index in [0.717, 1.165) is 24.9 Å². The summed E-state index contributed by atoms with van der Waals surface area (Å²) in [5.74, 6) is -1.51. The summed E-state index contributed by atoms with van der Waals surface area (Å²) < 4.78 is 14.1. The van der Waals surface area contributed by atoms with Gasteiger partial charge in [0, 0.05) is 34.3 Å². The second-order valence-electron chi connectivity index (χ2n) is 8.97. The van der Waals surface area contributed by atoms with Gasteiger partial charge in [-0.15, -0.1) is 0 Å². The lowest BCUT2D eigenvalue weighted by Crippen LogP contribution is -2.53. The van der Waals surface area contributed by atoms with Gasteiger partial charge in [0.25, 0.3) is 0 Å². The van der Waals surface area contributed by atoms with E-state index in [1.165, 1.54) is 21.8 Å². The molecule has 0 saturated carbocycles. The lowest BCUT2D eigenvalue weighted by atomic mass is 10.0. The van der Waals surface area contributed by atoms with E-state index in [0.29, 0.717) is 13.2 Å². The third-order valence-corrected chi connectivity index (χ3v) is 6.52. The first-order valence-electron chi connectivity index (χ1n) is 11.8. The molecule has 4 aromatic rings. The molecule has 1 aliphatic heterocycles. The molecule has 6 nitrogen and oxygen atoms in total. The van der Waals surface area contributed by atoms with Gasteiger partial charge < -0.3 is 14.0 Å². The van der Waals surface area contributed by atoms with Crippen molar-refractivity contribution in [3.8, 4) is 0 Å². The first-order chi connectivity index (χ1) is 16.6. The van der Waals surface area contributed by atoms with E-state index < -0.39 is 11.7 Å². The molecule has 0 atom stereocenters. The molecule has 0 unspecified atom stereocenters. The molecule has 3 aromatic carbocycles. The number of ether oxygens (including phenoxy) is 2. The number of nitrogens with zero attached hydrogens (tertiary/aromatic N) is 1. The third kappa shape index (κ3) is 4.71. The zero-order chi connectivity index (χ0) is 23.4. The van der Waals surface area contributed by atoms with Crippen molar-refractivity contribution in [2.45, 2.75) is 38.7 Å². The highest BCUT2D eigenvalue weighted by atomic mass is 16.7. The average Bonchev–Trinajstić information content (AvgIpc) is 3.20. The van der Waals surface area contributed by atoms with E-state index >= 15 is 0 Å². The van der Waals surface area contributed by atoms with Crippen molar-refractivity contribution in [2.24, 2.45) is 5.92 Å². The first kappa shape index (κ1) is 22.6. The molecule has 34 heavy (non-hydrogen) atoms. The van der Waals surface area contributed by atoms with E-state index in [2.05, 4.69) is 58.6 Å². The lowest BCUT2D eigenvalue weighted by Gasteiger charge is -2.36. The summed E-state index contributed by atoms with van der Waals surface area (Å²) in [4.78, 5) is 17.9. The van der Waals surface area contributed by atoms with Crippen LogP contribution in [0.25, 0.3) is 21.8 Å². The molecule has 5 rings (SSSR count). The minimum atomic E-state index is -1.33. The summed E-state index contributed by atoms with van der Waals surface area (Å²) >= 11 is 0. The molecule has 1 aromatic heterocycles. The lowest BCUT2D eigenvalue weighted by molar-refractivity contribution is -0.266. The highest BCUT2D eigenvalue weighted by Gasteiger charge is 2.40. The van der Waals surface area contributed by atoms with Crippen LogP contribution in [0.3, 0.4) is 0 Å². The van der Waals surface area contributed by atoms with Gasteiger partial charge in [-0.1, -0.05) is 66.7 Å². The Kier molecular flexibility index (Phi) is 6.63. The van der Waals surface area contributed by atoms with Gasteiger partial charge in [0.15, 0.2) is 0 Å². The average molecular weight is 459 g/mol. The zero-order valence-electron chi connectivity index (χ0n) is 19.4. The van der Waals surface area contributed by atoms with Gasteiger partial charge in [0.1, 0.15) is 0 Å². The highest BCUT2D eigenvalue weighted by Crippen LogP contribution is 2.30. The van der Waals surface area contributed by atoms with Crippen molar-refractivity contribution in [3.05, 3.63) is 84.4 Å². The number of amides is 1. The van der Waals surface area contributed by atoms with Crippen molar-refractivity contribution in [1.29, 1.82) is 0 Å². The maximum Gasteiger partial charge on any atom is 0.303 e. The van der Waals surface area contributed by atoms with Crippen LogP contribution in [0.15, 0.2) is 78.9 Å². The van der Waals surface area contributed by atoms with E-state index in [1.54, 1.807) is 6.92 Å². The number of aromatic nitrogens is 1. The molecule has 1 fully saturated rings. The number of nitrogens with one attached hydrogen (secondary N) is 1. The second-order valence-corrected chi connectivity index (χ2v) is 8.97. The molecule has 0 radical (unpaired) electrons. The molecule has 0 spiro atoms. The van der Waals surface area contributed by atoms with Gasteiger partial charge in [-0.3, -0.25) is 9.63 Å². The van der Waals surface area contributed by atoms with Gasteiger partial charge in [-0.25, -0.2) is 5.48 Å². The number of hydrogen-bond donors (Lipinski definition) is 1. The zero-order valence-corrected chi connectivity index (χ0v) is 19.4. The summed E-state index contributed by atoms with van der Waals surface area (Å²) in [6.45, 7) is 3.82. The molecule has 176 valence electrons. The number of para-hydroxylation sites is 2. The van der Waals surface area contributed by atoms with Gasteiger partial charge in [-0.05, 0) is 37.5 Å². The van der Waals surface area contributed by atoms with Crippen LogP contribution in [0.4, 0.5) is 0 Å². The smallest absolute Gasteiger partial charge is 0.303 e. The Morgan fingerprint density at radius 3 is 2.18 bits per heavy atom. The van der Waals surface area contributed by atoms with Crippen LogP contribution in [0.5, 0.6) is 0 Å². The molecular formula is C28H30N2O4. The Balaban J connectivity index is 1.12. The monoisotopic (exact) mass is 458 g/mol. The van der Waals surface area contributed by atoms with E-state index in [4.69, 9.17) is 14.3 Å². The van der Waals surface area contributed by atoms with Gasteiger partial charge in [0.2, 0.25) is 5.79 Å². The molecule has 2 heterocycles. The second kappa shape index (κ2) is 9.97. The predicted molar refractivity (Wildman–Crippen MR) is 132 cm³/mol. The first-order valence-corrected chi connectivity index (χ1v) is 11.8. The number of carbonyl (C=O) groups is 1. The summed E-state index contributed by atoms with van der Waals surface area (Å²) in [6, 6.07) is 26.8. The Hall–Kier alpha value is -3.19. The van der Waals surface area contributed by atoms with Crippen molar-refractivity contribution < 1.29 is 19.1 Å². The SMILES string of the molecule is CC1(C(=O)NOCc2ccccc2)OCC(CCCn2c3ccccc3c3ccccc32)CO1. The Bertz CT molecular complexity index is 1210. The van der Waals surface area contributed by atoms with Crippen LogP contribution < -0.4 is 5.48 Å². The van der Waals surface area contributed by atoms with E-state index in [9.17, 15) is 4.79 Å². The molecule has 0 bridgehead atoms. The number of rotatable bonds is 8. The molecule has 0 aliphatic carbocycles. The Morgan fingerprint density at radius 1 is 0.941 bits per heavy atom. The summed E-state index contributed by atoms with van der Waals surface area (Å²) in [5.41, 5.74) is 5.96. The fraction of sp³-hybridized carbons (Fsp3) is 0.321. The quantitative estimate of drug-likeness (QED) is 0.369. The van der Waals surface area contributed by atoms with Crippen LogP contribution in [-0.4, -0.2) is 29.5 Å².